The van der Waals surface area contributed by atoms with Crippen LogP contribution in [0.25, 0.3) is 17.0 Å². The Kier molecular flexibility index (Phi) is 1.93. The Bertz CT molecular complexity index is 615. The summed E-state index contributed by atoms with van der Waals surface area (Å²) in [4.78, 5) is 2.96. The number of rotatable bonds is 1. The quantitative estimate of drug-likeness (QED) is 0.742. The molecule has 1 heterocycles. The van der Waals surface area contributed by atoms with Crippen molar-refractivity contribution in [2.24, 2.45) is 0 Å². The third kappa shape index (κ3) is 1.36. The Balaban J connectivity index is 2.23. The second-order valence-corrected chi connectivity index (χ2v) is 3.80. The number of para-hydroxylation sites is 1. The topological polar surface area (TPSA) is 36.0 Å². The fraction of sp³-hybridized carbons (Fsp3) is 0. The van der Waals surface area contributed by atoms with E-state index in [9.17, 15) is 5.11 Å². The van der Waals surface area contributed by atoms with Crippen molar-refractivity contribution in [1.82, 2.24) is 4.98 Å². The maximum absolute atomic E-state index is 9.85. The van der Waals surface area contributed by atoms with Crippen molar-refractivity contribution in [1.29, 1.82) is 0 Å². The molecular formula is C14H11NO. The van der Waals surface area contributed by atoms with E-state index in [4.69, 9.17) is 0 Å². The minimum atomic E-state index is 0.224. The molecule has 2 aromatic rings. The number of benzene rings is 1. The maximum Gasteiger partial charge on any atom is 0.196 e. The zero-order chi connectivity index (χ0) is 11.0. The molecule has 0 spiro atoms. The van der Waals surface area contributed by atoms with E-state index in [1.807, 2.05) is 54.6 Å². The lowest BCUT2D eigenvalue weighted by Gasteiger charge is -1.93. The third-order valence-corrected chi connectivity index (χ3v) is 2.72. The van der Waals surface area contributed by atoms with Crippen molar-refractivity contribution in [3.63, 3.8) is 0 Å². The molecule has 0 radical (unpaired) electrons. The van der Waals surface area contributed by atoms with E-state index in [0.717, 1.165) is 22.0 Å². The van der Waals surface area contributed by atoms with Gasteiger partial charge in [-0.05, 0) is 17.7 Å². The highest BCUT2D eigenvalue weighted by Gasteiger charge is 2.08. The number of aromatic amines is 1. The highest BCUT2D eigenvalue weighted by molar-refractivity contribution is 5.92. The smallest absolute Gasteiger partial charge is 0.196 e. The number of aromatic nitrogens is 1. The Morgan fingerprint density at radius 1 is 1.06 bits per heavy atom. The minimum Gasteiger partial charge on any atom is -0.494 e. The van der Waals surface area contributed by atoms with Crippen LogP contribution in [-0.2, 0) is 0 Å². The summed E-state index contributed by atoms with van der Waals surface area (Å²) in [6, 6.07) is 7.88. The molecule has 0 bridgehead atoms. The molecule has 2 nitrogen and oxygen atoms in total. The first-order valence-electron chi connectivity index (χ1n) is 5.21. The van der Waals surface area contributed by atoms with E-state index >= 15 is 0 Å². The van der Waals surface area contributed by atoms with Crippen LogP contribution in [0.3, 0.4) is 0 Å². The maximum atomic E-state index is 9.85. The molecule has 0 fully saturated rings. The van der Waals surface area contributed by atoms with Gasteiger partial charge in [0, 0.05) is 16.5 Å². The van der Waals surface area contributed by atoms with Crippen LogP contribution >= 0.6 is 0 Å². The third-order valence-electron chi connectivity index (χ3n) is 2.72. The van der Waals surface area contributed by atoms with Crippen LogP contribution in [0.15, 0.2) is 54.1 Å². The molecule has 2 N–H and O–H groups in total. The van der Waals surface area contributed by atoms with Crippen LogP contribution in [0.4, 0.5) is 0 Å². The highest BCUT2D eigenvalue weighted by atomic mass is 16.3. The van der Waals surface area contributed by atoms with Crippen molar-refractivity contribution in [2.45, 2.75) is 0 Å². The lowest BCUT2D eigenvalue weighted by Crippen LogP contribution is -1.72. The Labute approximate surface area is 93.2 Å². The van der Waals surface area contributed by atoms with E-state index in [2.05, 4.69) is 4.98 Å². The average Bonchev–Trinajstić information content (AvgIpc) is 2.89. The molecule has 0 atom stereocenters. The summed E-state index contributed by atoms with van der Waals surface area (Å²) in [7, 11) is 0. The van der Waals surface area contributed by atoms with Crippen molar-refractivity contribution in [3.05, 3.63) is 59.7 Å². The first-order valence-corrected chi connectivity index (χ1v) is 5.21. The number of aromatic hydroxyl groups is 1. The summed E-state index contributed by atoms with van der Waals surface area (Å²) in [6.45, 7) is 0. The molecule has 0 aliphatic heterocycles. The van der Waals surface area contributed by atoms with Crippen LogP contribution in [0, 0.1) is 0 Å². The molecule has 78 valence electrons. The Morgan fingerprint density at radius 3 is 2.62 bits per heavy atom. The first kappa shape index (κ1) is 9.04. The number of hydrogen-bond acceptors (Lipinski definition) is 1. The van der Waals surface area contributed by atoms with Crippen LogP contribution < -0.4 is 0 Å². The number of H-pyrrole nitrogens is 1. The second-order valence-electron chi connectivity index (χ2n) is 3.80. The molecule has 2 heteroatoms. The molecule has 3 rings (SSSR count). The van der Waals surface area contributed by atoms with Gasteiger partial charge in [0.25, 0.3) is 0 Å². The van der Waals surface area contributed by atoms with Crippen LogP contribution in [-0.4, -0.2) is 10.1 Å². The summed E-state index contributed by atoms with van der Waals surface area (Å²) in [5.74, 6) is 0.224. The lowest BCUT2D eigenvalue weighted by molar-refractivity contribution is 0.457. The highest BCUT2D eigenvalue weighted by Crippen LogP contribution is 2.29. The van der Waals surface area contributed by atoms with Crippen LogP contribution in [0.5, 0.6) is 5.88 Å². The average molecular weight is 209 g/mol. The molecule has 0 saturated heterocycles. The predicted octanol–water partition coefficient (Wildman–Crippen LogP) is 3.38. The molecule has 0 unspecified atom stereocenters. The normalized spacial score (nSPS) is 13.9. The first-order chi connectivity index (χ1) is 7.84. The van der Waals surface area contributed by atoms with Crippen molar-refractivity contribution in [2.75, 3.05) is 0 Å². The molecule has 1 aromatic heterocycles. The molecule has 0 saturated carbocycles. The molecule has 1 aliphatic carbocycles. The monoisotopic (exact) mass is 209 g/mol. The van der Waals surface area contributed by atoms with Gasteiger partial charge in [0.1, 0.15) is 0 Å². The van der Waals surface area contributed by atoms with E-state index in [1.165, 1.54) is 0 Å². The van der Waals surface area contributed by atoms with Crippen molar-refractivity contribution < 1.29 is 5.11 Å². The van der Waals surface area contributed by atoms with E-state index in [0.29, 0.717) is 0 Å². The van der Waals surface area contributed by atoms with Gasteiger partial charge in [-0.1, -0.05) is 42.5 Å². The number of fused-ring (bicyclic) bond motifs is 1. The largest absolute Gasteiger partial charge is 0.494 e. The lowest BCUT2D eigenvalue weighted by atomic mass is 10.1. The minimum absolute atomic E-state index is 0.224. The summed E-state index contributed by atoms with van der Waals surface area (Å²) in [5.41, 5.74) is 2.90. The van der Waals surface area contributed by atoms with E-state index in [-0.39, 0.29) is 5.88 Å². The zero-order valence-corrected chi connectivity index (χ0v) is 8.64. The Hall–Kier alpha value is -2.22. The fourth-order valence-corrected chi connectivity index (χ4v) is 1.95. The van der Waals surface area contributed by atoms with Crippen LogP contribution in [0.1, 0.15) is 5.56 Å². The Morgan fingerprint density at radius 2 is 1.81 bits per heavy atom. The van der Waals surface area contributed by atoms with Crippen LogP contribution in [0.2, 0.25) is 0 Å². The number of hydrogen-bond donors (Lipinski definition) is 2. The number of allylic oxidation sites excluding steroid dienone is 5. The van der Waals surface area contributed by atoms with E-state index in [1.54, 1.807) is 0 Å². The van der Waals surface area contributed by atoms with Gasteiger partial charge in [0.2, 0.25) is 0 Å². The molecule has 1 aliphatic rings. The van der Waals surface area contributed by atoms with Gasteiger partial charge in [0.05, 0.1) is 0 Å². The SMILES string of the molecule is Oc1[nH]c2ccccc2c1C=C1C=CC=C1. The van der Waals surface area contributed by atoms with Gasteiger partial charge < -0.3 is 10.1 Å². The van der Waals surface area contributed by atoms with Gasteiger partial charge in [-0.15, -0.1) is 0 Å². The second kappa shape index (κ2) is 3.42. The predicted molar refractivity (Wildman–Crippen MR) is 66.2 cm³/mol. The molecular weight excluding hydrogens is 198 g/mol. The molecule has 16 heavy (non-hydrogen) atoms. The van der Waals surface area contributed by atoms with Gasteiger partial charge in [-0.3, -0.25) is 0 Å². The zero-order valence-electron chi connectivity index (χ0n) is 8.64. The number of nitrogens with one attached hydrogen (secondary N) is 1. The summed E-state index contributed by atoms with van der Waals surface area (Å²) in [6.07, 6.45) is 9.98. The van der Waals surface area contributed by atoms with Gasteiger partial charge in [-0.25, -0.2) is 0 Å². The summed E-state index contributed by atoms with van der Waals surface area (Å²) < 4.78 is 0. The van der Waals surface area contributed by atoms with Gasteiger partial charge in [-0.2, -0.15) is 0 Å². The fourth-order valence-electron chi connectivity index (χ4n) is 1.95. The van der Waals surface area contributed by atoms with Crippen molar-refractivity contribution >= 4 is 17.0 Å². The summed E-state index contributed by atoms with van der Waals surface area (Å²) >= 11 is 0. The van der Waals surface area contributed by atoms with E-state index < -0.39 is 0 Å². The van der Waals surface area contributed by atoms with Gasteiger partial charge in [0.15, 0.2) is 5.88 Å². The molecule has 1 aromatic carbocycles. The summed E-state index contributed by atoms with van der Waals surface area (Å²) in [5, 5.41) is 10.9. The van der Waals surface area contributed by atoms with Gasteiger partial charge >= 0.3 is 0 Å². The standard InChI is InChI=1S/C14H11NO/c16-14-12(9-10-5-1-2-6-10)11-7-3-4-8-13(11)15-14/h1-9,15-16H. The molecule has 0 amide bonds. The van der Waals surface area contributed by atoms with Crippen molar-refractivity contribution in [3.8, 4) is 5.88 Å².